The number of carbonyl (C=O) groups excluding carboxylic acids is 3. The molecule has 3 rings (SSSR count). The molecule has 2 bridgehead atoms. The maximum atomic E-state index is 13.9. The van der Waals surface area contributed by atoms with Crippen molar-refractivity contribution in [3.8, 4) is 0 Å². The van der Waals surface area contributed by atoms with Gasteiger partial charge in [0.15, 0.2) is 0 Å². The van der Waals surface area contributed by atoms with Crippen molar-refractivity contribution in [2.24, 2.45) is 11.8 Å². The molecule has 32 heavy (non-hydrogen) atoms. The van der Waals surface area contributed by atoms with Crippen LogP contribution in [0.3, 0.4) is 0 Å². The zero-order valence-corrected chi connectivity index (χ0v) is 19.8. The second kappa shape index (κ2) is 9.51. The van der Waals surface area contributed by atoms with Crippen molar-refractivity contribution in [1.29, 1.82) is 0 Å². The Morgan fingerprint density at radius 2 is 2.09 bits per heavy atom. The molecule has 3 saturated heterocycles. The van der Waals surface area contributed by atoms with Crippen molar-refractivity contribution in [3.63, 3.8) is 0 Å². The number of esters is 1. The molecule has 0 aromatic carbocycles. The molecule has 1 spiro atoms. The lowest BCUT2D eigenvalue weighted by Gasteiger charge is -2.38. The van der Waals surface area contributed by atoms with E-state index in [1.54, 1.807) is 24.8 Å². The van der Waals surface area contributed by atoms with Crippen LogP contribution in [-0.2, 0) is 23.9 Å². The van der Waals surface area contributed by atoms with E-state index in [1.165, 1.54) is 4.90 Å². The van der Waals surface area contributed by atoms with E-state index in [-0.39, 0.29) is 25.0 Å². The lowest BCUT2D eigenvalue weighted by atomic mass is 9.66. The molecule has 0 radical (unpaired) electrons. The molecule has 8 nitrogen and oxygen atoms in total. The fourth-order valence-electron chi connectivity index (χ4n) is 5.97. The second-order valence-corrected chi connectivity index (χ2v) is 9.54. The van der Waals surface area contributed by atoms with E-state index in [9.17, 15) is 19.5 Å². The summed E-state index contributed by atoms with van der Waals surface area (Å²) in [6.45, 7) is 12.1. The third-order valence-corrected chi connectivity index (χ3v) is 7.42. The molecular weight excluding hydrogens is 412 g/mol. The first-order valence-electron chi connectivity index (χ1n) is 11.9. The van der Waals surface area contributed by atoms with Crippen LogP contribution in [0.2, 0.25) is 0 Å². The van der Waals surface area contributed by atoms with Crippen molar-refractivity contribution in [1.82, 2.24) is 9.80 Å². The van der Waals surface area contributed by atoms with Crippen molar-refractivity contribution in [3.05, 3.63) is 12.7 Å². The van der Waals surface area contributed by atoms with Crippen LogP contribution < -0.4 is 0 Å². The summed E-state index contributed by atoms with van der Waals surface area (Å²) in [6.07, 6.45) is 5.65. The number of unbranched alkanes of at least 4 members (excludes halogenated alkanes) is 2. The van der Waals surface area contributed by atoms with E-state index in [1.807, 2.05) is 6.92 Å². The van der Waals surface area contributed by atoms with Gasteiger partial charge in [-0.25, -0.2) is 0 Å². The third kappa shape index (κ3) is 3.75. The van der Waals surface area contributed by atoms with Crippen LogP contribution in [0.1, 0.15) is 59.8 Å². The first-order valence-corrected chi connectivity index (χ1v) is 11.9. The van der Waals surface area contributed by atoms with Gasteiger partial charge in [-0.2, -0.15) is 0 Å². The molecule has 180 valence electrons. The maximum absolute atomic E-state index is 13.9. The Morgan fingerprint density at radius 3 is 2.69 bits per heavy atom. The number of aliphatic hydroxyl groups is 1. The van der Waals surface area contributed by atoms with Crippen LogP contribution >= 0.6 is 0 Å². The lowest BCUT2D eigenvalue weighted by molar-refractivity contribution is -0.161. The van der Waals surface area contributed by atoms with Gasteiger partial charge in [-0.05, 0) is 40.0 Å². The Morgan fingerprint density at radius 1 is 1.38 bits per heavy atom. The van der Waals surface area contributed by atoms with E-state index in [0.29, 0.717) is 25.9 Å². The van der Waals surface area contributed by atoms with Crippen molar-refractivity contribution < 1.29 is 29.0 Å². The average molecular weight is 451 g/mol. The van der Waals surface area contributed by atoms with Gasteiger partial charge in [0.25, 0.3) is 0 Å². The molecule has 0 aromatic rings. The number of hydrogen-bond donors (Lipinski definition) is 1. The highest BCUT2D eigenvalue weighted by Crippen LogP contribution is 2.63. The highest BCUT2D eigenvalue weighted by Gasteiger charge is 2.78. The van der Waals surface area contributed by atoms with E-state index in [4.69, 9.17) is 9.47 Å². The predicted molar refractivity (Wildman–Crippen MR) is 119 cm³/mol. The first-order chi connectivity index (χ1) is 15.2. The quantitative estimate of drug-likeness (QED) is 0.293. The molecule has 0 saturated carbocycles. The summed E-state index contributed by atoms with van der Waals surface area (Å²) in [5, 5.41) is 9.90. The largest absolute Gasteiger partial charge is 0.466 e. The third-order valence-electron chi connectivity index (χ3n) is 7.42. The topological polar surface area (TPSA) is 96.4 Å². The normalized spacial score (nSPS) is 33.8. The number of carbonyl (C=O) groups is 3. The Bertz CT molecular complexity index is 757. The number of fused-ring (bicyclic) bond motifs is 1. The lowest BCUT2D eigenvalue weighted by Crippen LogP contribution is -2.58. The van der Waals surface area contributed by atoms with Crippen molar-refractivity contribution in [2.45, 2.75) is 83.1 Å². The minimum atomic E-state index is -1.09. The Hall–Kier alpha value is -1.93. The second-order valence-electron chi connectivity index (χ2n) is 9.54. The Balaban J connectivity index is 2.03. The van der Waals surface area contributed by atoms with Gasteiger partial charge in [-0.1, -0.05) is 25.8 Å². The van der Waals surface area contributed by atoms with E-state index in [2.05, 4.69) is 13.5 Å². The van der Waals surface area contributed by atoms with Crippen LogP contribution in [0.4, 0.5) is 0 Å². The zero-order chi connectivity index (χ0) is 23.7. The minimum Gasteiger partial charge on any atom is -0.466 e. The van der Waals surface area contributed by atoms with Gasteiger partial charge in [0.05, 0.1) is 30.8 Å². The Kier molecular flexibility index (Phi) is 7.34. The average Bonchev–Trinajstić information content (AvgIpc) is 3.33. The molecule has 3 fully saturated rings. The summed E-state index contributed by atoms with van der Waals surface area (Å²) < 4.78 is 11.8. The number of aliphatic hydroxyl groups excluding tert-OH is 1. The highest BCUT2D eigenvalue weighted by molar-refractivity contribution is 5.98. The summed E-state index contributed by atoms with van der Waals surface area (Å²) in [6, 6.07) is -1.46. The first kappa shape index (κ1) is 24.7. The summed E-state index contributed by atoms with van der Waals surface area (Å²) in [5.74, 6) is -2.51. The van der Waals surface area contributed by atoms with Gasteiger partial charge in [-0.3, -0.25) is 14.4 Å². The molecule has 0 aromatic heterocycles. The van der Waals surface area contributed by atoms with Crippen LogP contribution in [-0.4, -0.2) is 82.3 Å². The summed E-state index contributed by atoms with van der Waals surface area (Å²) in [4.78, 5) is 43.8. The van der Waals surface area contributed by atoms with Crippen LogP contribution in [0.15, 0.2) is 12.7 Å². The number of likely N-dealkylation sites (tertiary alicyclic amines) is 1. The molecule has 3 aliphatic heterocycles. The smallest absolute Gasteiger partial charge is 0.312 e. The molecule has 1 N–H and O–H groups in total. The molecular formula is C24H38N2O6. The molecule has 2 amide bonds. The predicted octanol–water partition coefficient (Wildman–Crippen LogP) is 1.90. The van der Waals surface area contributed by atoms with Gasteiger partial charge < -0.3 is 24.4 Å². The van der Waals surface area contributed by atoms with E-state index in [0.717, 1.165) is 19.3 Å². The number of amides is 2. The molecule has 8 heteroatoms. The molecule has 6 atom stereocenters. The van der Waals surface area contributed by atoms with Gasteiger partial charge in [-0.15, -0.1) is 6.58 Å². The monoisotopic (exact) mass is 450 g/mol. The van der Waals surface area contributed by atoms with Crippen LogP contribution in [0.25, 0.3) is 0 Å². The molecule has 3 aliphatic rings. The minimum absolute atomic E-state index is 0.203. The molecule has 3 heterocycles. The van der Waals surface area contributed by atoms with Crippen LogP contribution in [0.5, 0.6) is 0 Å². The highest BCUT2D eigenvalue weighted by atomic mass is 16.6. The number of ether oxygens (including phenoxy) is 2. The van der Waals surface area contributed by atoms with Crippen LogP contribution in [0, 0.1) is 11.8 Å². The van der Waals surface area contributed by atoms with Gasteiger partial charge in [0.1, 0.15) is 17.6 Å². The van der Waals surface area contributed by atoms with Gasteiger partial charge >= 0.3 is 5.97 Å². The number of nitrogens with zero attached hydrogens (tertiary/aromatic N) is 2. The summed E-state index contributed by atoms with van der Waals surface area (Å²) >= 11 is 0. The fraction of sp³-hybridized carbons (Fsp3) is 0.792. The van der Waals surface area contributed by atoms with Gasteiger partial charge in [0.2, 0.25) is 11.8 Å². The summed E-state index contributed by atoms with van der Waals surface area (Å²) in [7, 11) is 0. The summed E-state index contributed by atoms with van der Waals surface area (Å²) in [5.41, 5.74) is -1.93. The zero-order valence-electron chi connectivity index (χ0n) is 19.8. The van der Waals surface area contributed by atoms with Crippen molar-refractivity contribution in [2.75, 3.05) is 26.3 Å². The molecule has 0 aliphatic carbocycles. The van der Waals surface area contributed by atoms with Gasteiger partial charge in [0, 0.05) is 13.1 Å². The number of rotatable bonds is 11. The van der Waals surface area contributed by atoms with Crippen molar-refractivity contribution >= 4 is 17.8 Å². The SMILES string of the molecule is C=CCN(CCCCC)C(=O)C1N([C@H](C)CO)C(=O)[C@@H]2[C@@H](C(=O)OCC)[C@@]3(C)CCC12O3. The fourth-order valence-corrected chi connectivity index (χ4v) is 5.97. The maximum Gasteiger partial charge on any atom is 0.312 e. The Labute approximate surface area is 190 Å². The standard InChI is InChI=1S/C24H38N2O6/c1-6-9-10-14-25(13-7-2)21(29)19-24-12-11-23(5,32-24)18(22(30)31-8-3)17(24)20(28)26(19)16(4)15-27/h7,16-19,27H,2,6,8-15H2,1,3-5H3/t16-,17+,18+,19?,23-,24?/m1/s1. The molecule has 2 unspecified atom stereocenters. The van der Waals surface area contributed by atoms with E-state index < -0.39 is 41.1 Å². The van der Waals surface area contributed by atoms with E-state index >= 15 is 0 Å². The number of hydrogen-bond acceptors (Lipinski definition) is 6.